The zero-order valence-electron chi connectivity index (χ0n) is 18.5. The van der Waals surface area contributed by atoms with Gasteiger partial charge in [0.25, 0.3) is 10.0 Å². The Kier molecular flexibility index (Phi) is 8.40. The van der Waals surface area contributed by atoms with E-state index in [2.05, 4.69) is 5.32 Å². The number of amides is 1. The molecule has 0 heterocycles. The van der Waals surface area contributed by atoms with Crippen LogP contribution < -0.4 is 9.62 Å². The summed E-state index contributed by atoms with van der Waals surface area (Å²) in [6.07, 6.45) is 1.49. The second-order valence-corrected chi connectivity index (χ2v) is 10.5. The molecule has 0 saturated carbocycles. The molecule has 3 aromatic rings. The first-order valence-corrected chi connectivity index (χ1v) is 12.7. The van der Waals surface area contributed by atoms with E-state index in [9.17, 15) is 13.2 Å². The fourth-order valence-corrected chi connectivity index (χ4v) is 4.96. The summed E-state index contributed by atoms with van der Waals surface area (Å²) in [5.41, 5.74) is 3.21. The maximum Gasteiger partial charge on any atom is 0.264 e. The van der Waals surface area contributed by atoms with Gasteiger partial charge in [0.05, 0.1) is 10.6 Å². The molecule has 0 aliphatic heterocycles. The number of hydrogen-bond donors (Lipinski definition) is 1. The van der Waals surface area contributed by atoms with E-state index in [0.717, 1.165) is 27.4 Å². The molecule has 0 aromatic heterocycles. The predicted octanol–water partition coefficient (Wildman–Crippen LogP) is 5.55. The minimum atomic E-state index is -3.97. The number of halogens is 2. The van der Waals surface area contributed by atoms with Gasteiger partial charge in [0.2, 0.25) is 5.91 Å². The van der Waals surface area contributed by atoms with Gasteiger partial charge in [-0.2, -0.15) is 0 Å². The average Bonchev–Trinajstić information content (AvgIpc) is 2.78. The largest absolute Gasteiger partial charge is 0.355 e. The van der Waals surface area contributed by atoms with E-state index in [-0.39, 0.29) is 11.4 Å². The van der Waals surface area contributed by atoms with Gasteiger partial charge in [-0.3, -0.25) is 9.10 Å². The lowest BCUT2D eigenvalue weighted by Gasteiger charge is -2.24. The third-order valence-electron chi connectivity index (χ3n) is 5.22. The maximum atomic E-state index is 13.4. The molecular weight excluding hydrogens is 479 g/mol. The van der Waals surface area contributed by atoms with Crippen LogP contribution in [0.25, 0.3) is 0 Å². The summed E-state index contributed by atoms with van der Waals surface area (Å²) in [5, 5.41) is 3.93. The summed E-state index contributed by atoms with van der Waals surface area (Å²) in [6.45, 7) is 3.79. The van der Waals surface area contributed by atoms with E-state index in [1.54, 1.807) is 30.3 Å². The molecule has 5 nitrogen and oxygen atoms in total. The SMILES string of the molecule is Cc1ccc(S(=O)(=O)N(CC(=O)NCCCc2ccc(Cl)cc2)c2ccc(C)c(Cl)c2)cc1. The van der Waals surface area contributed by atoms with Crippen molar-refractivity contribution < 1.29 is 13.2 Å². The summed E-state index contributed by atoms with van der Waals surface area (Å²) in [7, 11) is -3.97. The molecule has 3 aromatic carbocycles. The zero-order chi connectivity index (χ0) is 24.0. The fourth-order valence-electron chi connectivity index (χ4n) is 3.25. The molecule has 0 aliphatic carbocycles. The molecule has 0 spiro atoms. The van der Waals surface area contributed by atoms with Gasteiger partial charge in [0.1, 0.15) is 6.54 Å². The van der Waals surface area contributed by atoms with Gasteiger partial charge in [-0.05, 0) is 74.2 Å². The number of anilines is 1. The molecule has 0 aliphatic rings. The van der Waals surface area contributed by atoms with Crippen LogP contribution in [0.2, 0.25) is 10.0 Å². The highest BCUT2D eigenvalue weighted by Gasteiger charge is 2.27. The lowest BCUT2D eigenvalue weighted by molar-refractivity contribution is -0.119. The highest BCUT2D eigenvalue weighted by Crippen LogP contribution is 2.28. The van der Waals surface area contributed by atoms with E-state index >= 15 is 0 Å². The minimum Gasteiger partial charge on any atom is -0.355 e. The standard InChI is InChI=1S/C25H26Cl2N2O3S/c1-18-5-13-23(14-6-18)33(31,32)29(22-12-7-19(2)24(27)16-22)17-25(30)28-15-3-4-20-8-10-21(26)11-9-20/h5-14,16H,3-4,15,17H2,1-2H3,(H,28,30). The van der Waals surface area contributed by atoms with Gasteiger partial charge in [0.15, 0.2) is 0 Å². The summed E-state index contributed by atoms with van der Waals surface area (Å²) in [4.78, 5) is 12.8. The first-order chi connectivity index (χ1) is 15.7. The van der Waals surface area contributed by atoms with Gasteiger partial charge in [0, 0.05) is 16.6 Å². The normalized spacial score (nSPS) is 11.3. The van der Waals surface area contributed by atoms with Crippen LogP contribution in [-0.2, 0) is 21.2 Å². The van der Waals surface area contributed by atoms with Crippen molar-refractivity contribution in [3.05, 3.63) is 93.5 Å². The number of rotatable bonds is 9. The molecule has 33 heavy (non-hydrogen) atoms. The summed E-state index contributed by atoms with van der Waals surface area (Å²) in [5.74, 6) is -0.390. The van der Waals surface area contributed by atoms with Crippen LogP contribution in [0, 0.1) is 13.8 Å². The Labute approximate surface area is 205 Å². The number of sulfonamides is 1. The van der Waals surface area contributed by atoms with Gasteiger partial charge >= 0.3 is 0 Å². The van der Waals surface area contributed by atoms with Crippen molar-refractivity contribution in [2.45, 2.75) is 31.6 Å². The lowest BCUT2D eigenvalue weighted by Crippen LogP contribution is -2.41. The summed E-state index contributed by atoms with van der Waals surface area (Å²) in [6, 6.07) is 19.0. The monoisotopic (exact) mass is 504 g/mol. The average molecular weight is 505 g/mol. The highest BCUT2D eigenvalue weighted by molar-refractivity contribution is 7.92. The first-order valence-electron chi connectivity index (χ1n) is 10.5. The molecule has 8 heteroatoms. The maximum absolute atomic E-state index is 13.4. The van der Waals surface area contributed by atoms with Crippen molar-refractivity contribution in [3.63, 3.8) is 0 Å². The summed E-state index contributed by atoms with van der Waals surface area (Å²) < 4.78 is 27.9. The molecule has 174 valence electrons. The molecule has 3 rings (SSSR count). The van der Waals surface area contributed by atoms with Gasteiger partial charge < -0.3 is 5.32 Å². The van der Waals surface area contributed by atoms with Crippen LogP contribution in [0.4, 0.5) is 5.69 Å². The number of hydrogen-bond acceptors (Lipinski definition) is 3. The van der Waals surface area contributed by atoms with Crippen LogP contribution in [0.15, 0.2) is 71.6 Å². The number of carbonyl (C=O) groups excluding carboxylic acids is 1. The van der Waals surface area contributed by atoms with Crippen LogP contribution in [0.5, 0.6) is 0 Å². The first kappa shape index (κ1) is 25.1. The Morgan fingerprint density at radius 2 is 1.61 bits per heavy atom. The summed E-state index contributed by atoms with van der Waals surface area (Å²) >= 11 is 12.2. The molecule has 0 saturated heterocycles. The Bertz CT molecular complexity index is 1210. The highest BCUT2D eigenvalue weighted by atomic mass is 35.5. The van der Waals surface area contributed by atoms with Gasteiger partial charge in [-0.15, -0.1) is 0 Å². The van der Waals surface area contributed by atoms with Crippen LogP contribution in [0.3, 0.4) is 0 Å². The topological polar surface area (TPSA) is 66.5 Å². The Morgan fingerprint density at radius 3 is 2.24 bits per heavy atom. The quantitative estimate of drug-likeness (QED) is 0.388. The van der Waals surface area contributed by atoms with E-state index in [4.69, 9.17) is 23.2 Å². The van der Waals surface area contributed by atoms with Gasteiger partial charge in [-0.1, -0.05) is 59.1 Å². The van der Waals surface area contributed by atoms with Crippen molar-refractivity contribution in [1.29, 1.82) is 0 Å². The van der Waals surface area contributed by atoms with Gasteiger partial charge in [-0.25, -0.2) is 8.42 Å². The van der Waals surface area contributed by atoms with Crippen molar-refractivity contribution in [1.82, 2.24) is 5.32 Å². The molecule has 0 atom stereocenters. The molecule has 0 radical (unpaired) electrons. The number of carbonyl (C=O) groups is 1. The Balaban J connectivity index is 1.73. The van der Waals surface area contributed by atoms with Crippen molar-refractivity contribution in [3.8, 4) is 0 Å². The third kappa shape index (κ3) is 6.73. The molecule has 0 bridgehead atoms. The van der Waals surface area contributed by atoms with Crippen LogP contribution in [-0.4, -0.2) is 27.4 Å². The van der Waals surface area contributed by atoms with Crippen molar-refractivity contribution in [2.24, 2.45) is 0 Å². The number of nitrogens with one attached hydrogen (secondary N) is 1. The van der Waals surface area contributed by atoms with E-state index < -0.39 is 15.9 Å². The molecule has 0 fully saturated rings. The van der Waals surface area contributed by atoms with E-state index in [0.29, 0.717) is 28.7 Å². The Hall–Kier alpha value is -2.54. The second-order valence-electron chi connectivity index (χ2n) is 7.84. The predicted molar refractivity (Wildman–Crippen MR) is 135 cm³/mol. The molecule has 1 amide bonds. The van der Waals surface area contributed by atoms with Crippen LogP contribution in [0.1, 0.15) is 23.1 Å². The second kappa shape index (κ2) is 11.1. The number of aryl methyl sites for hydroxylation is 3. The Morgan fingerprint density at radius 1 is 0.939 bits per heavy atom. The molecule has 0 unspecified atom stereocenters. The molecular formula is C25H26Cl2N2O3S. The number of benzene rings is 3. The third-order valence-corrected chi connectivity index (χ3v) is 7.66. The van der Waals surface area contributed by atoms with E-state index in [1.165, 1.54) is 12.1 Å². The van der Waals surface area contributed by atoms with Crippen molar-refractivity contribution in [2.75, 3.05) is 17.4 Å². The van der Waals surface area contributed by atoms with Crippen molar-refractivity contribution >= 4 is 44.8 Å². The van der Waals surface area contributed by atoms with E-state index in [1.807, 2.05) is 38.1 Å². The fraction of sp³-hybridized carbons (Fsp3) is 0.240. The zero-order valence-corrected chi connectivity index (χ0v) is 20.8. The van der Waals surface area contributed by atoms with Crippen LogP contribution >= 0.6 is 23.2 Å². The smallest absolute Gasteiger partial charge is 0.264 e. The molecule has 1 N–H and O–H groups in total. The number of nitrogens with zero attached hydrogens (tertiary/aromatic N) is 1. The lowest BCUT2D eigenvalue weighted by atomic mass is 10.1. The minimum absolute atomic E-state index is 0.111.